The lowest BCUT2D eigenvalue weighted by Gasteiger charge is -2.38. The molecule has 188 valence electrons. The number of unbranched alkanes of at least 4 members (excludes halogenated alkanes) is 7. The van der Waals surface area contributed by atoms with Gasteiger partial charge in [0.15, 0.2) is 0 Å². The highest BCUT2D eigenvalue weighted by Crippen LogP contribution is 2.35. The van der Waals surface area contributed by atoms with Crippen molar-refractivity contribution in [2.24, 2.45) is 17.4 Å². The summed E-state index contributed by atoms with van der Waals surface area (Å²) >= 11 is 0. The van der Waals surface area contributed by atoms with Crippen molar-refractivity contribution in [3.05, 3.63) is 0 Å². The second kappa shape index (κ2) is 13.0. The summed E-state index contributed by atoms with van der Waals surface area (Å²) in [5.74, 6) is 1.20. The highest BCUT2D eigenvalue weighted by Gasteiger charge is 2.52. The molecule has 8 nitrogen and oxygen atoms in total. The van der Waals surface area contributed by atoms with E-state index in [4.69, 9.17) is 16.2 Å². The molecular formula is C25H48N6O2+2. The Morgan fingerprint density at radius 1 is 1.06 bits per heavy atom. The summed E-state index contributed by atoms with van der Waals surface area (Å²) in [5, 5.41) is 7.40. The molecule has 7 N–H and O–H groups in total. The minimum Gasteiger partial charge on any atom is -0.465 e. The first-order valence-corrected chi connectivity index (χ1v) is 13.5. The Labute approximate surface area is 200 Å². The number of nitrogens with one attached hydrogen (secondary N) is 3. The second-order valence-corrected chi connectivity index (χ2v) is 10.3. The summed E-state index contributed by atoms with van der Waals surface area (Å²) in [4.78, 5) is 15.9. The lowest BCUT2D eigenvalue weighted by atomic mass is 9.89. The van der Waals surface area contributed by atoms with E-state index in [-0.39, 0.29) is 29.9 Å². The molecule has 33 heavy (non-hydrogen) atoms. The molecule has 0 aliphatic carbocycles. The smallest absolute Gasteiger partial charge is 0.346 e. The van der Waals surface area contributed by atoms with Gasteiger partial charge in [0, 0.05) is 6.42 Å². The molecule has 0 spiro atoms. The molecule has 3 rings (SSSR count). The van der Waals surface area contributed by atoms with Crippen LogP contribution in [0.4, 0.5) is 0 Å². The zero-order valence-electron chi connectivity index (χ0n) is 20.9. The van der Waals surface area contributed by atoms with Crippen LogP contribution in [0.1, 0.15) is 97.3 Å². The minimum atomic E-state index is -0.119. The van der Waals surface area contributed by atoms with Gasteiger partial charge in [-0.3, -0.25) is 36.5 Å². The van der Waals surface area contributed by atoms with Crippen LogP contribution < -0.4 is 27.1 Å². The van der Waals surface area contributed by atoms with Crippen molar-refractivity contribution in [1.82, 2.24) is 10.6 Å². The molecule has 0 aromatic carbocycles. The van der Waals surface area contributed by atoms with Crippen LogP contribution >= 0.6 is 0 Å². The third-order valence-corrected chi connectivity index (χ3v) is 7.59. The topological polar surface area (TPSA) is 119 Å². The van der Waals surface area contributed by atoms with E-state index in [1.165, 1.54) is 64.2 Å². The van der Waals surface area contributed by atoms with Crippen molar-refractivity contribution in [3.63, 3.8) is 0 Å². The zero-order valence-corrected chi connectivity index (χ0v) is 20.9. The van der Waals surface area contributed by atoms with Crippen LogP contribution in [0.25, 0.3) is 0 Å². The molecule has 0 radical (unpaired) electrons. The molecule has 1 fully saturated rings. The van der Waals surface area contributed by atoms with Crippen molar-refractivity contribution in [2.45, 2.75) is 121 Å². The predicted molar refractivity (Wildman–Crippen MR) is 132 cm³/mol. The molecule has 1 saturated heterocycles. The lowest BCUT2D eigenvalue weighted by Crippen LogP contribution is -2.78. The zero-order chi connectivity index (χ0) is 23.6. The van der Waals surface area contributed by atoms with Crippen LogP contribution in [-0.2, 0) is 9.53 Å². The first-order chi connectivity index (χ1) is 16.0. The Morgan fingerprint density at radius 2 is 1.82 bits per heavy atom. The normalized spacial score (nSPS) is 28.0. The fraction of sp³-hybridized carbons (Fsp3) is 0.880. The van der Waals surface area contributed by atoms with Gasteiger partial charge in [0.25, 0.3) is 0 Å². The maximum Gasteiger partial charge on any atom is 0.346 e. The molecule has 3 aliphatic rings. The maximum absolute atomic E-state index is 13.0. The number of carbonyl (C=O) groups is 1. The molecule has 0 bridgehead atoms. The molecule has 3 heterocycles. The van der Waals surface area contributed by atoms with Gasteiger partial charge in [0.05, 0.1) is 37.3 Å². The molecule has 2 unspecified atom stereocenters. The van der Waals surface area contributed by atoms with Crippen molar-refractivity contribution in [2.75, 3.05) is 13.2 Å². The third-order valence-electron chi connectivity index (χ3n) is 7.59. The number of hydrogen-bond acceptors (Lipinski definition) is 4. The number of carbonyl (C=O) groups excluding carboxylic acids is 1. The average Bonchev–Trinajstić information content (AvgIpc) is 3.19. The summed E-state index contributed by atoms with van der Waals surface area (Å²) in [6, 6.07) is 1.41. The first-order valence-electron chi connectivity index (χ1n) is 13.5. The van der Waals surface area contributed by atoms with Gasteiger partial charge in [-0.05, 0) is 39.0 Å². The molecule has 8 heteroatoms. The van der Waals surface area contributed by atoms with Gasteiger partial charge in [-0.1, -0.05) is 51.9 Å². The molecule has 3 aliphatic heterocycles. The SMILES string of the molecule is CCCCCCCCCC1C[C@@H]2CCC3[C@@H](C(=O)OCCCC[NH+]=C(N)N)[C@@H](C)NC(=[N+]32)N1. The van der Waals surface area contributed by atoms with E-state index in [0.29, 0.717) is 25.2 Å². The van der Waals surface area contributed by atoms with Crippen LogP contribution in [0.5, 0.6) is 0 Å². The molecule has 0 aromatic heterocycles. The van der Waals surface area contributed by atoms with E-state index in [2.05, 4.69) is 34.0 Å². The van der Waals surface area contributed by atoms with Gasteiger partial charge in [-0.15, -0.1) is 0 Å². The molecule has 0 saturated carbocycles. The van der Waals surface area contributed by atoms with Crippen molar-refractivity contribution in [3.8, 4) is 0 Å². The second-order valence-electron chi connectivity index (χ2n) is 10.3. The molecule has 0 amide bonds. The maximum atomic E-state index is 13.0. The summed E-state index contributed by atoms with van der Waals surface area (Å²) in [6.45, 7) is 5.53. The van der Waals surface area contributed by atoms with Crippen molar-refractivity contribution < 1.29 is 19.1 Å². The number of guanidine groups is 2. The van der Waals surface area contributed by atoms with E-state index in [9.17, 15) is 4.79 Å². The van der Waals surface area contributed by atoms with Crippen LogP contribution in [-0.4, -0.2) is 59.8 Å². The Balaban J connectivity index is 1.45. The van der Waals surface area contributed by atoms with Crippen LogP contribution in [0, 0.1) is 5.92 Å². The Morgan fingerprint density at radius 3 is 2.58 bits per heavy atom. The molecular weight excluding hydrogens is 416 g/mol. The molecule has 0 aromatic rings. The van der Waals surface area contributed by atoms with Gasteiger partial charge < -0.3 is 4.74 Å². The third kappa shape index (κ3) is 7.24. The highest BCUT2D eigenvalue weighted by molar-refractivity contribution is 5.81. The summed E-state index contributed by atoms with van der Waals surface area (Å²) in [6.07, 6.45) is 15.8. The number of rotatable bonds is 14. The van der Waals surface area contributed by atoms with Gasteiger partial charge in [0.1, 0.15) is 5.92 Å². The van der Waals surface area contributed by atoms with Gasteiger partial charge in [-0.25, -0.2) is 0 Å². The van der Waals surface area contributed by atoms with Gasteiger partial charge in [-0.2, -0.15) is 0 Å². The quantitative estimate of drug-likeness (QED) is 0.0848. The van der Waals surface area contributed by atoms with Crippen LogP contribution in [0.3, 0.4) is 0 Å². The van der Waals surface area contributed by atoms with E-state index in [1.807, 2.05) is 0 Å². The average molecular weight is 465 g/mol. The fourth-order valence-corrected chi connectivity index (χ4v) is 5.88. The Kier molecular flexibility index (Phi) is 10.1. The predicted octanol–water partition coefficient (Wildman–Crippen LogP) is 0.674. The fourth-order valence-electron chi connectivity index (χ4n) is 5.88. The van der Waals surface area contributed by atoms with E-state index in [0.717, 1.165) is 25.2 Å². The van der Waals surface area contributed by atoms with Gasteiger partial charge in [0.2, 0.25) is 0 Å². The van der Waals surface area contributed by atoms with E-state index < -0.39 is 0 Å². The number of nitrogens with zero attached hydrogens (tertiary/aromatic N) is 1. The monoisotopic (exact) mass is 464 g/mol. The van der Waals surface area contributed by atoms with Gasteiger partial charge >= 0.3 is 17.9 Å². The highest BCUT2D eigenvalue weighted by atomic mass is 16.5. The van der Waals surface area contributed by atoms with E-state index >= 15 is 0 Å². The number of esters is 1. The number of ether oxygens (including phenoxy) is 1. The van der Waals surface area contributed by atoms with Crippen molar-refractivity contribution in [1.29, 1.82) is 0 Å². The minimum absolute atomic E-state index is 0.0669. The first kappa shape index (κ1) is 25.6. The van der Waals surface area contributed by atoms with Crippen LogP contribution in [0.2, 0.25) is 0 Å². The number of nitrogens with two attached hydrogens (primary N) is 2. The van der Waals surface area contributed by atoms with Crippen molar-refractivity contribution >= 4 is 17.9 Å². The standard InChI is InChI=1S/C25H46N6O2/c1-3-4-5-6-7-8-9-12-19-17-20-13-14-21-22(18(2)29-25(30-19)31(20)21)23(32)33-16-11-10-15-28-24(26)27/h18-22H,3-17H2,1-2H3,(H5,26,27,28,29,30)/p+2/t18-,19?,20+,21?,22+/m1/s1. The Bertz CT molecular complexity index is 690. The largest absolute Gasteiger partial charge is 0.465 e. The Hall–Kier alpha value is -1.99. The molecule has 5 atom stereocenters. The number of hydrogen-bond donors (Lipinski definition) is 5. The summed E-state index contributed by atoms with van der Waals surface area (Å²) < 4.78 is 8.15. The summed E-state index contributed by atoms with van der Waals surface area (Å²) in [5.41, 5.74) is 10.8. The van der Waals surface area contributed by atoms with Crippen LogP contribution in [0.15, 0.2) is 0 Å². The lowest BCUT2D eigenvalue weighted by molar-refractivity contribution is -0.598. The van der Waals surface area contributed by atoms with E-state index in [1.54, 1.807) is 0 Å². The summed E-state index contributed by atoms with van der Waals surface area (Å²) in [7, 11) is 0.